The molecule has 8 amide bonds. The summed E-state index contributed by atoms with van der Waals surface area (Å²) in [5.74, 6) is -13.2. The highest BCUT2D eigenvalue weighted by Gasteiger charge is 2.40. The fraction of sp³-hybridized carbons (Fsp3) is 0.362. The lowest BCUT2D eigenvalue weighted by atomic mass is 10.0. The number of hydrogen-bond acceptors (Lipinski definition) is 15. The topological polar surface area (TPSA) is 438 Å². The van der Waals surface area contributed by atoms with Crippen molar-refractivity contribution in [3.8, 4) is 11.5 Å². The number of carbonyl (C=O) groups excluding carboxylic acids is 8. The number of fused-ring (bicyclic) bond motifs is 1. The highest BCUT2D eigenvalue weighted by atomic mass is 16.4. The van der Waals surface area contributed by atoms with E-state index < -0.39 is 138 Å². The van der Waals surface area contributed by atoms with Crippen LogP contribution in [0.2, 0.25) is 0 Å². The Labute approximate surface area is 486 Å². The molecule has 0 radical (unpaired) electrons. The van der Waals surface area contributed by atoms with Gasteiger partial charge < -0.3 is 83.5 Å². The summed E-state index contributed by atoms with van der Waals surface area (Å²) < 4.78 is 0. The van der Waals surface area contributed by atoms with E-state index in [4.69, 9.17) is 5.73 Å². The molecule has 1 fully saturated rings. The van der Waals surface area contributed by atoms with Crippen molar-refractivity contribution < 1.29 is 83.4 Å². The number of phenolic OH excluding ortho intramolecular Hbond substituents is 2. The van der Waals surface area contributed by atoms with Gasteiger partial charge in [0.15, 0.2) is 0 Å². The second-order valence-corrected chi connectivity index (χ2v) is 20.6. The number of aliphatic hydroxyl groups excluding tert-OH is 1. The molecule has 1 aromatic heterocycles. The van der Waals surface area contributed by atoms with Crippen LogP contribution in [0.5, 0.6) is 11.5 Å². The molecule has 0 spiro atoms. The fourth-order valence-corrected chi connectivity index (χ4v) is 9.54. The molecule has 0 aliphatic carbocycles. The van der Waals surface area contributed by atoms with Crippen molar-refractivity contribution in [2.75, 3.05) is 6.54 Å². The van der Waals surface area contributed by atoms with Gasteiger partial charge in [0.05, 0.1) is 25.0 Å². The van der Waals surface area contributed by atoms with Crippen molar-refractivity contribution in [2.24, 2.45) is 5.73 Å². The third kappa shape index (κ3) is 18.6. The summed E-state index contributed by atoms with van der Waals surface area (Å²) in [6, 6.07) is 11.4. The number of amides is 8. The maximum absolute atomic E-state index is 14.7. The van der Waals surface area contributed by atoms with Gasteiger partial charge in [0.25, 0.3) is 0 Å². The number of aromatic hydroxyl groups is 2. The first-order valence-electron chi connectivity index (χ1n) is 27.0. The van der Waals surface area contributed by atoms with E-state index in [1.807, 2.05) is 0 Å². The standard InChI is InChI=1S/C58H68N10O17/c1-30(59)57(83)68-22-8-13-46(68)55(81)64-40(24-33-14-18-36(70)19-15-33)50(76)62-43(27-47(72)73)52(78)61-42(26-35-29-60-39-12-7-6-11-38(35)39)54(80)67-49(31(2)69)56(82)65-41(23-32-9-4-3-5-10-32)51(77)63-44(28-48(74)75)53(79)66-45(58(84)85)25-34-16-20-37(71)21-17-34/h3-7,9-12,14-21,29-31,40-46,49,60,69-71H,8,13,22-28,59H2,1-2H3,(H,61,78)(H,62,76)(H,63,77)(H,64,81)(H,65,82)(H,66,79)(H,67,80)(H,72,73)(H,74,75)(H,84,85)/t30-,31+,40-,41-,42-,43-,44-,45-,46-,49-/m0/s1. The Morgan fingerprint density at radius 1 is 0.541 bits per heavy atom. The smallest absolute Gasteiger partial charge is 0.326 e. The SMILES string of the molecule is C[C@H](N)C(=O)N1CCC[C@H]1C(=O)N[C@@H](Cc1ccc(O)cc1)C(=O)N[C@@H](CC(=O)O)C(=O)N[C@@H](Cc1c[nH]c2ccccc12)C(=O)N[C@H](C(=O)N[C@@H](Cc1ccccc1)C(=O)N[C@@H](CC(=O)O)C(=O)N[C@@H](Cc1ccc(O)cc1)C(=O)O)[C@@H](C)O. The summed E-state index contributed by atoms with van der Waals surface area (Å²) in [4.78, 5) is 154. The van der Waals surface area contributed by atoms with Crippen molar-refractivity contribution in [2.45, 2.75) is 126 Å². The molecule has 27 heteroatoms. The zero-order valence-corrected chi connectivity index (χ0v) is 46.2. The van der Waals surface area contributed by atoms with Gasteiger partial charge in [-0.25, -0.2) is 4.79 Å². The van der Waals surface area contributed by atoms with Crippen LogP contribution in [0.4, 0.5) is 0 Å². The van der Waals surface area contributed by atoms with Gasteiger partial charge in [-0.3, -0.25) is 47.9 Å². The Morgan fingerprint density at radius 2 is 0.976 bits per heavy atom. The molecule has 2 heterocycles. The van der Waals surface area contributed by atoms with Gasteiger partial charge in [-0.1, -0.05) is 72.8 Å². The molecule has 10 atom stereocenters. The zero-order chi connectivity index (χ0) is 62.1. The van der Waals surface area contributed by atoms with E-state index in [9.17, 15) is 83.4 Å². The van der Waals surface area contributed by atoms with Crippen LogP contribution < -0.4 is 43.0 Å². The van der Waals surface area contributed by atoms with E-state index in [1.54, 1.807) is 54.6 Å². The van der Waals surface area contributed by atoms with Crippen LogP contribution in [-0.4, -0.2) is 173 Å². The van der Waals surface area contributed by atoms with Gasteiger partial charge in [-0.15, -0.1) is 0 Å². The lowest BCUT2D eigenvalue weighted by Gasteiger charge is -2.29. The number of para-hydroxylation sites is 1. The Hall–Kier alpha value is -9.89. The summed E-state index contributed by atoms with van der Waals surface area (Å²) in [7, 11) is 0. The predicted octanol–water partition coefficient (Wildman–Crippen LogP) is -1.00. The number of phenols is 2. The summed E-state index contributed by atoms with van der Waals surface area (Å²) >= 11 is 0. The quantitative estimate of drug-likeness (QED) is 0.0273. The molecule has 1 aliphatic heterocycles. The number of likely N-dealkylation sites (tertiary alicyclic amines) is 1. The van der Waals surface area contributed by atoms with Gasteiger partial charge >= 0.3 is 17.9 Å². The fourth-order valence-electron chi connectivity index (χ4n) is 9.54. The second kappa shape index (κ2) is 29.9. The van der Waals surface area contributed by atoms with E-state index in [1.165, 1.54) is 66.6 Å². The van der Waals surface area contributed by atoms with E-state index >= 15 is 0 Å². The molecule has 1 saturated heterocycles. The lowest BCUT2D eigenvalue weighted by molar-refractivity contribution is -0.144. The van der Waals surface area contributed by atoms with Crippen LogP contribution >= 0.6 is 0 Å². The van der Waals surface area contributed by atoms with Crippen LogP contribution in [0.1, 0.15) is 61.8 Å². The average Bonchev–Trinajstić information content (AvgIpc) is 4.31. The number of carboxylic acids is 3. The van der Waals surface area contributed by atoms with Crippen molar-refractivity contribution >= 4 is 76.1 Å². The minimum atomic E-state index is -1.96. The first-order chi connectivity index (χ1) is 40.4. The number of nitrogens with one attached hydrogen (secondary N) is 8. The molecular weight excluding hydrogens is 1110 g/mol. The molecule has 6 rings (SSSR count). The molecule has 0 bridgehead atoms. The minimum Gasteiger partial charge on any atom is -0.508 e. The molecule has 452 valence electrons. The third-order valence-electron chi connectivity index (χ3n) is 14.0. The molecule has 5 aromatic rings. The number of benzene rings is 4. The van der Waals surface area contributed by atoms with Crippen LogP contribution in [0.15, 0.2) is 109 Å². The van der Waals surface area contributed by atoms with Crippen molar-refractivity contribution in [1.29, 1.82) is 0 Å². The first-order valence-corrected chi connectivity index (χ1v) is 27.0. The Bertz CT molecular complexity index is 3230. The summed E-state index contributed by atoms with van der Waals surface area (Å²) in [5, 5.41) is 77.9. The molecule has 4 aromatic carbocycles. The predicted molar refractivity (Wildman–Crippen MR) is 301 cm³/mol. The molecule has 16 N–H and O–H groups in total. The number of aromatic amines is 1. The van der Waals surface area contributed by atoms with Crippen molar-refractivity contribution in [3.05, 3.63) is 132 Å². The number of hydrogen-bond donors (Lipinski definition) is 15. The number of H-pyrrole nitrogens is 1. The number of nitrogens with two attached hydrogens (primary N) is 1. The van der Waals surface area contributed by atoms with Crippen LogP contribution in [-0.2, 0) is 78.4 Å². The number of rotatable bonds is 29. The summed E-state index contributed by atoms with van der Waals surface area (Å²) in [6.45, 7) is 2.77. The Morgan fingerprint density at radius 3 is 1.49 bits per heavy atom. The van der Waals surface area contributed by atoms with E-state index in [0.29, 0.717) is 39.6 Å². The third-order valence-corrected chi connectivity index (χ3v) is 14.0. The van der Waals surface area contributed by atoms with Gasteiger partial charge in [-0.2, -0.15) is 0 Å². The summed E-state index contributed by atoms with van der Waals surface area (Å²) in [5.41, 5.74) is 8.07. The van der Waals surface area contributed by atoms with Crippen molar-refractivity contribution in [3.63, 3.8) is 0 Å². The number of aliphatic carboxylic acids is 3. The van der Waals surface area contributed by atoms with Gasteiger partial charge in [-0.05, 0) is 79.3 Å². The maximum atomic E-state index is 14.7. The molecular formula is C58H68N10O17. The molecule has 85 heavy (non-hydrogen) atoms. The van der Waals surface area contributed by atoms with Crippen molar-refractivity contribution in [1.82, 2.24) is 47.1 Å². The second-order valence-electron chi connectivity index (χ2n) is 20.6. The maximum Gasteiger partial charge on any atom is 0.326 e. The van der Waals surface area contributed by atoms with Crippen LogP contribution in [0.3, 0.4) is 0 Å². The van der Waals surface area contributed by atoms with Gasteiger partial charge in [0.1, 0.15) is 59.8 Å². The molecule has 27 nitrogen and oxygen atoms in total. The average molecular weight is 1180 g/mol. The van der Waals surface area contributed by atoms with E-state index in [0.717, 1.165) is 6.92 Å². The highest BCUT2D eigenvalue weighted by Crippen LogP contribution is 2.22. The van der Waals surface area contributed by atoms with E-state index in [-0.39, 0.29) is 50.1 Å². The molecule has 1 aliphatic rings. The number of carboxylic acid groups (broad SMARTS) is 3. The normalized spacial score (nSPS) is 16.1. The Balaban J connectivity index is 1.25. The highest BCUT2D eigenvalue weighted by molar-refractivity contribution is 6.00. The van der Waals surface area contributed by atoms with E-state index in [2.05, 4.69) is 42.2 Å². The molecule has 0 unspecified atom stereocenters. The van der Waals surface area contributed by atoms with Crippen LogP contribution in [0.25, 0.3) is 10.9 Å². The van der Waals surface area contributed by atoms with Gasteiger partial charge in [0, 0.05) is 49.3 Å². The largest absolute Gasteiger partial charge is 0.508 e. The summed E-state index contributed by atoms with van der Waals surface area (Å²) in [6.07, 6.45) is -2.99. The zero-order valence-electron chi connectivity index (χ0n) is 46.2. The molecule has 0 saturated carbocycles. The number of aliphatic hydroxyl groups is 1. The number of carbonyl (C=O) groups is 11. The minimum absolute atomic E-state index is 0.114. The van der Waals surface area contributed by atoms with Gasteiger partial charge in [0.2, 0.25) is 47.3 Å². The Kier molecular flexibility index (Phi) is 22.6. The first kappa shape index (κ1) is 64.3. The lowest BCUT2D eigenvalue weighted by Crippen LogP contribution is -2.62. The number of nitrogens with zero attached hydrogens (tertiary/aromatic N) is 1. The monoisotopic (exact) mass is 1180 g/mol. The number of aromatic nitrogens is 1. The van der Waals surface area contributed by atoms with Crippen LogP contribution in [0, 0.1) is 0 Å².